The highest BCUT2D eigenvalue weighted by atomic mass is 79.9. The summed E-state index contributed by atoms with van der Waals surface area (Å²) in [6, 6.07) is 17.7. The van der Waals surface area contributed by atoms with Crippen molar-refractivity contribution in [3.63, 3.8) is 0 Å². The van der Waals surface area contributed by atoms with E-state index in [9.17, 15) is 0 Å². The summed E-state index contributed by atoms with van der Waals surface area (Å²) in [4.78, 5) is 4.60. The lowest BCUT2D eigenvalue weighted by molar-refractivity contribution is 0.284. The third-order valence-electron chi connectivity index (χ3n) is 4.48. The number of aryl methyl sites for hydroxylation is 1. The van der Waals surface area contributed by atoms with Gasteiger partial charge in [-0.3, -0.25) is 4.99 Å². The van der Waals surface area contributed by atoms with Crippen LogP contribution in [0.1, 0.15) is 22.3 Å². The molecule has 0 saturated heterocycles. The molecule has 144 valence electrons. The Morgan fingerprint density at radius 1 is 1.07 bits per heavy atom. The zero-order valence-corrected chi connectivity index (χ0v) is 18.3. The summed E-state index contributed by atoms with van der Waals surface area (Å²) in [7, 11) is 1.60. The van der Waals surface area contributed by atoms with E-state index in [1.54, 1.807) is 13.3 Å². The summed E-state index contributed by atoms with van der Waals surface area (Å²) in [5, 5.41) is 0.485. The number of ether oxygens (including phenoxy) is 2. The van der Waals surface area contributed by atoms with Gasteiger partial charge in [0.15, 0.2) is 11.5 Å². The first-order valence-corrected chi connectivity index (χ1v) is 10.00. The molecule has 0 bridgehead atoms. The Labute approximate surface area is 179 Å². The third-order valence-corrected chi connectivity index (χ3v) is 5.29. The van der Waals surface area contributed by atoms with Crippen LogP contribution in [0.2, 0.25) is 5.02 Å². The monoisotopic (exact) mass is 457 g/mol. The summed E-state index contributed by atoms with van der Waals surface area (Å²) in [5.41, 5.74) is 5.19. The predicted octanol–water partition coefficient (Wildman–Crippen LogP) is 7.06. The van der Waals surface area contributed by atoms with Gasteiger partial charge in [0.1, 0.15) is 6.61 Å². The van der Waals surface area contributed by atoms with Crippen molar-refractivity contribution in [2.75, 3.05) is 7.11 Å². The van der Waals surface area contributed by atoms with Crippen molar-refractivity contribution in [1.82, 2.24) is 0 Å². The summed E-state index contributed by atoms with van der Waals surface area (Å²) in [6.45, 7) is 4.54. The van der Waals surface area contributed by atoms with E-state index >= 15 is 0 Å². The van der Waals surface area contributed by atoms with Crippen molar-refractivity contribution >= 4 is 39.4 Å². The number of methoxy groups -OCH3 is 1. The first-order chi connectivity index (χ1) is 13.5. The molecule has 0 aliphatic heterocycles. The molecule has 0 spiro atoms. The van der Waals surface area contributed by atoms with E-state index in [0.717, 1.165) is 26.9 Å². The first kappa shape index (κ1) is 20.4. The van der Waals surface area contributed by atoms with E-state index in [2.05, 4.69) is 40.8 Å². The second-order valence-electron chi connectivity index (χ2n) is 6.43. The van der Waals surface area contributed by atoms with E-state index in [1.165, 1.54) is 5.56 Å². The highest BCUT2D eigenvalue weighted by Crippen LogP contribution is 2.37. The largest absolute Gasteiger partial charge is 0.493 e. The number of hydrogen-bond acceptors (Lipinski definition) is 3. The number of aliphatic imine (C=N–C) groups is 1. The summed E-state index contributed by atoms with van der Waals surface area (Å²) in [6.07, 6.45) is 1.79. The Morgan fingerprint density at radius 2 is 1.82 bits per heavy atom. The molecule has 3 aromatic carbocycles. The van der Waals surface area contributed by atoms with Crippen molar-refractivity contribution < 1.29 is 9.47 Å². The van der Waals surface area contributed by atoms with E-state index in [1.807, 2.05) is 48.5 Å². The van der Waals surface area contributed by atoms with Gasteiger partial charge in [-0.2, -0.15) is 0 Å². The molecule has 0 N–H and O–H groups in total. The molecule has 3 nitrogen and oxygen atoms in total. The Bertz CT molecular complexity index is 1000. The van der Waals surface area contributed by atoms with Gasteiger partial charge in [0.25, 0.3) is 0 Å². The minimum Gasteiger partial charge on any atom is -0.493 e. The first-order valence-electron chi connectivity index (χ1n) is 8.83. The maximum absolute atomic E-state index is 6.47. The molecular formula is C23H21BrClNO2. The minimum atomic E-state index is 0.402. The second-order valence-corrected chi connectivity index (χ2v) is 7.75. The fourth-order valence-electron chi connectivity index (χ4n) is 2.71. The Hall–Kier alpha value is -2.30. The highest BCUT2D eigenvalue weighted by molar-refractivity contribution is 9.10. The fraction of sp³-hybridized carbons (Fsp3) is 0.174. The second kappa shape index (κ2) is 9.26. The average Bonchev–Trinajstić information content (AvgIpc) is 2.69. The van der Waals surface area contributed by atoms with Crippen molar-refractivity contribution in [1.29, 1.82) is 0 Å². The fourth-order valence-corrected chi connectivity index (χ4v) is 3.25. The lowest BCUT2D eigenvalue weighted by Gasteiger charge is -2.13. The molecule has 0 unspecified atom stereocenters. The predicted molar refractivity (Wildman–Crippen MR) is 120 cm³/mol. The lowest BCUT2D eigenvalue weighted by atomic mass is 10.1. The van der Waals surface area contributed by atoms with E-state index in [0.29, 0.717) is 23.1 Å². The van der Waals surface area contributed by atoms with Crippen LogP contribution in [-0.4, -0.2) is 13.3 Å². The molecule has 0 aliphatic rings. The molecule has 0 aromatic heterocycles. The molecule has 0 atom stereocenters. The molecule has 5 heteroatoms. The van der Waals surface area contributed by atoms with Crippen molar-refractivity contribution in [3.8, 4) is 11.5 Å². The molecule has 28 heavy (non-hydrogen) atoms. The van der Waals surface area contributed by atoms with E-state index in [-0.39, 0.29) is 0 Å². The zero-order valence-electron chi connectivity index (χ0n) is 16.0. The van der Waals surface area contributed by atoms with Crippen LogP contribution in [0.5, 0.6) is 11.5 Å². The Kier molecular flexibility index (Phi) is 6.76. The standard InChI is InChI=1S/C23H21BrClNO2/c1-15-5-4-6-21(16(15)2)26-13-18-11-20(25)23(22(12-18)27-3)28-14-17-7-9-19(24)10-8-17/h4-13H,14H2,1-3H3. The van der Waals surface area contributed by atoms with Crippen molar-refractivity contribution in [2.24, 2.45) is 4.99 Å². The van der Waals surface area contributed by atoms with E-state index < -0.39 is 0 Å². The molecule has 3 aromatic rings. The van der Waals surface area contributed by atoms with Crippen LogP contribution in [0.4, 0.5) is 5.69 Å². The molecule has 0 aliphatic carbocycles. The number of halogens is 2. The number of nitrogens with zero attached hydrogens (tertiary/aromatic N) is 1. The topological polar surface area (TPSA) is 30.8 Å². The van der Waals surface area contributed by atoms with Gasteiger partial charge < -0.3 is 9.47 Å². The molecule has 3 rings (SSSR count). The molecule has 0 heterocycles. The van der Waals surface area contributed by atoms with Gasteiger partial charge in [0.05, 0.1) is 17.8 Å². The summed E-state index contributed by atoms with van der Waals surface area (Å²) >= 11 is 9.90. The SMILES string of the molecule is COc1cc(C=Nc2cccc(C)c2C)cc(Cl)c1OCc1ccc(Br)cc1. The van der Waals surface area contributed by atoms with Crippen molar-refractivity contribution in [3.05, 3.63) is 86.3 Å². The van der Waals surface area contributed by atoms with Crippen LogP contribution in [0.3, 0.4) is 0 Å². The van der Waals surface area contributed by atoms with Crippen molar-refractivity contribution in [2.45, 2.75) is 20.5 Å². The average molecular weight is 459 g/mol. The van der Waals surface area contributed by atoms with Crippen LogP contribution in [-0.2, 0) is 6.61 Å². The number of benzene rings is 3. The highest BCUT2D eigenvalue weighted by Gasteiger charge is 2.12. The lowest BCUT2D eigenvalue weighted by Crippen LogP contribution is -1.99. The smallest absolute Gasteiger partial charge is 0.180 e. The van der Waals surface area contributed by atoms with Gasteiger partial charge in [-0.1, -0.05) is 51.8 Å². The van der Waals surface area contributed by atoms with Gasteiger partial charge in [0.2, 0.25) is 0 Å². The molecule has 0 saturated carbocycles. The van der Waals surface area contributed by atoms with Gasteiger partial charge in [-0.25, -0.2) is 0 Å². The Balaban J connectivity index is 1.81. The minimum absolute atomic E-state index is 0.402. The molecule has 0 fully saturated rings. The van der Waals surface area contributed by atoms with Gasteiger partial charge >= 0.3 is 0 Å². The number of hydrogen-bond donors (Lipinski definition) is 0. The summed E-state index contributed by atoms with van der Waals surface area (Å²) in [5.74, 6) is 1.10. The van der Waals surface area contributed by atoms with Crippen LogP contribution in [0.15, 0.2) is 64.1 Å². The van der Waals surface area contributed by atoms with Crippen LogP contribution in [0, 0.1) is 13.8 Å². The maximum Gasteiger partial charge on any atom is 0.180 e. The van der Waals surface area contributed by atoms with Gasteiger partial charge in [0, 0.05) is 10.7 Å². The van der Waals surface area contributed by atoms with E-state index in [4.69, 9.17) is 21.1 Å². The zero-order chi connectivity index (χ0) is 20.1. The van der Waals surface area contributed by atoms with Gasteiger partial charge in [-0.05, 0) is 66.4 Å². The third kappa shape index (κ3) is 4.94. The normalized spacial score (nSPS) is 11.0. The van der Waals surface area contributed by atoms with Gasteiger partial charge in [-0.15, -0.1) is 0 Å². The van der Waals surface area contributed by atoms with Crippen LogP contribution >= 0.6 is 27.5 Å². The molecule has 0 radical (unpaired) electrons. The quantitative estimate of drug-likeness (QED) is 0.370. The molecule has 0 amide bonds. The molecular weight excluding hydrogens is 438 g/mol. The summed E-state index contributed by atoms with van der Waals surface area (Å²) < 4.78 is 12.4. The van der Waals surface area contributed by atoms with Crippen LogP contribution < -0.4 is 9.47 Å². The Morgan fingerprint density at radius 3 is 2.54 bits per heavy atom. The maximum atomic E-state index is 6.47. The van der Waals surface area contributed by atoms with Crippen LogP contribution in [0.25, 0.3) is 0 Å². The number of rotatable bonds is 6.